The highest BCUT2D eigenvalue weighted by molar-refractivity contribution is 5.56. The van der Waals surface area contributed by atoms with Crippen molar-refractivity contribution in [3.8, 4) is 0 Å². The maximum atomic E-state index is 3.48. The molecule has 1 aliphatic rings. The van der Waals surface area contributed by atoms with Gasteiger partial charge in [-0.1, -0.05) is 0 Å². The zero-order valence-corrected chi connectivity index (χ0v) is 11.1. The second kappa shape index (κ2) is 4.96. The minimum atomic E-state index is 0.122. The molecule has 3 nitrogen and oxygen atoms in total. The van der Waals surface area contributed by atoms with Gasteiger partial charge in [0.1, 0.15) is 0 Å². The highest BCUT2D eigenvalue weighted by Crippen LogP contribution is 2.20. The quantitative estimate of drug-likeness (QED) is 0.821. The molecule has 0 aromatic heterocycles. The van der Waals surface area contributed by atoms with Crippen LogP contribution in [0.2, 0.25) is 0 Å². The highest BCUT2D eigenvalue weighted by atomic mass is 15.2. The van der Waals surface area contributed by atoms with E-state index in [1.807, 2.05) is 0 Å². The number of rotatable bonds is 2. The van der Waals surface area contributed by atoms with Crippen molar-refractivity contribution >= 4 is 11.4 Å². The van der Waals surface area contributed by atoms with Crippen molar-refractivity contribution in [2.24, 2.45) is 0 Å². The predicted octanol–water partition coefficient (Wildman–Crippen LogP) is 2.31. The summed E-state index contributed by atoms with van der Waals surface area (Å²) in [5.41, 5.74) is 2.64. The molecule has 1 aromatic rings. The van der Waals surface area contributed by atoms with Crippen LogP contribution in [-0.2, 0) is 0 Å². The van der Waals surface area contributed by atoms with E-state index in [0.29, 0.717) is 0 Å². The lowest BCUT2D eigenvalue weighted by Gasteiger charge is -2.30. The molecular formula is C14H23N3. The Morgan fingerprint density at radius 3 is 2.18 bits per heavy atom. The molecule has 0 bridgehead atoms. The zero-order chi connectivity index (χ0) is 12.3. The Labute approximate surface area is 104 Å². The normalized spacial score (nSPS) is 17.0. The molecule has 0 amide bonds. The molecule has 1 saturated heterocycles. The van der Waals surface area contributed by atoms with Gasteiger partial charge in [0, 0.05) is 43.1 Å². The molecule has 0 saturated carbocycles. The molecule has 0 aliphatic carbocycles. The minimum absolute atomic E-state index is 0.122. The van der Waals surface area contributed by atoms with E-state index in [1.54, 1.807) is 0 Å². The van der Waals surface area contributed by atoms with Gasteiger partial charge in [0.15, 0.2) is 0 Å². The molecule has 1 heterocycles. The van der Waals surface area contributed by atoms with Gasteiger partial charge in [-0.2, -0.15) is 0 Å². The van der Waals surface area contributed by atoms with Crippen molar-refractivity contribution in [2.75, 3.05) is 36.4 Å². The number of hydrogen-bond acceptors (Lipinski definition) is 3. The lowest BCUT2D eigenvalue weighted by Crippen LogP contribution is -2.43. The van der Waals surface area contributed by atoms with Gasteiger partial charge >= 0.3 is 0 Å². The Kier molecular flexibility index (Phi) is 3.57. The van der Waals surface area contributed by atoms with Gasteiger partial charge in [0.2, 0.25) is 0 Å². The summed E-state index contributed by atoms with van der Waals surface area (Å²) >= 11 is 0. The van der Waals surface area contributed by atoms with Gasteiger partial charge in [-0.25, -0.2) is 0 Å². The molecule has 2 rings (SSSR count). The molecule has 2 N–H and O–H groups in total. The average molecular weight is 233 g/mol. The van der Waals surface area contributed by atoms with Crippen LogP contribution in [0, 0.1) is 0 Å². The van der Waals surface area contributed by atoms with Crippen LogP contribution in [-0.4, -0.2) is 31.7 Å². The molecule has 1 fully saturated rings. The van der Waals surface area contributed by atoms with Gasteiger partial charge in [-0.15, -0.1) is 0 Å². The van der Waals surface area contributed by atoms with Crippen molar-refractivity contribution in [1.82, 2.24) is 5.32 Å². The molecular weight excluding hydrogens is 210 g/mol. The van der Waals surface area contributed by atoms with E-state index in [4.69, 9.17) is 0 Å². The van der Waals surface area contributed by atoms with Gasteiger partial charge in [0.05, 0.1) is 0 Å². The summed E-state index contributed by atoms with van der Waals surface area (Å²) < 4.78 is 0. The number of anilines is 2. The Morgan fingerprint density at radius 1 is 1.06 bits per heavy atom. The fourth-order valence-electron chi connectivity index (χ4n) is 2.11. The molecule has 1 aromatic carbocycles. The maximum absolute atomic E-state index is 3.48. The van der Waals surface area contributed by atoms with Crippen molar-refractivity contribution in [1.29, 1.82) is 0 Å². The summed E-state index contributed by atoms with van der Waals surface area (Å²) in [5.74, 6) is 0. The van der Waals surface area contributed by atoms with E-state index < -0.39 is 0 Å². The zero-order valence-electron chi connectivity index (χ0n) is 11.1. The highest BCUT2D eigenvalue weighted by Gasteiger charge is 2.11. The van der Waals surface area contributed by atoms with Crippen LogP contribution in [0.15, 0.2) is 24.3 Å². The molecule has 94 valence electrons. The van der Waals surface area contributed by atoms with Gasteiger partial charge in [-0.3, -0.25) is 0 Å². The second-order valence-corrected chi connectivity index (χ2v) is 5.66. The third-order valence-electron chi connectivity index (χ3n) is 2.87. The first-order valence-electron chi connectivity index (χ1n) is 6.38. The number of piperazine rings is 1. The lowest BCUT2D eigenvalue weighted by molar-refractivity contribution is 0.589. The monoisotopic (exact) mass is 233 g/mol. The summed E-state index contributed by atoms with van der Waals surface area (Å²) in [5, 5.41) is 6.85. The Hall–Kier alpha value is -1.22. The van der Waals surface area contributed by atoms with Crippen LogP contribution in [0.3, 0.4) is 0 Å². The number of nitrogens with zero attached hydrogens (tertiary/aromatic N) is 1. The van der Waals surface area contributed by atoms with E-state index in [9.17, 15) is 0 Å². The Morgan fingerprint density at radius 2 is 1.65 bits per heavy atom. The standard InChI is InChI=1S/C14H23N3/c1-14(2,3)16-12-4-6-13(7-5-12)17-10-8-15-9-11-17/h4-7,15-16H,8-11H2,1-3H3. The van der Waals surface area contributed by atoms with Crippen LogP contribution in [0.25, 0.3) is 0 Å². The number of hydrogen-bond donors (Lipinski definition) is 2. The molecule has 17 heavy (non-hydrogen) atoms. The van der Waals surface area contributed by atoms with Gasteiger partial charge < -0.3 is 15.5 Å². The van der Waals surface area contributed by atoms with E-state index >= 15 is 0 Å². The Balaban J connectivity index is 2.02. The second-order valence-electron chi connectivity index (χ2n) is 5.66. The van der Waals surface area contributed by atoms with Gasteiger partial charge in [-0.05, 0) is 45.0 Å². The van der Waals surface area contributed by atoms with E-state index in [0.717, 1.165) is 26.2 Å². The number of benzene rings is 1. The van der Waals surface area contributed by atoms with Crippen molar-refractivity contribution in [3.05, 3.63) is 24.3 Å². The van der Waals surface area contributed by atoms with E-state index in [2.05, 4.69) is 60.6 Å². The van der Waals surface area contributed by atoms with Crippen molar-refractivity contribution in [3.63, 3.8) is 0 Å². The van der Waals surface area contributed by atoms with Crippen LogP contribution >= 0.6 is 0 Å². The lowest BCUT2D eigenvalue weighted by atomic mass is 10.1. The van der Waals surface area contributed by atoms with Gasteiger partial charge in [0.25, 0.3) is 0 Å². The molecule has 0 spiro atoms. The minimum Gasteiger partial charge on any atom is -0.380 e. The molecule has 0 atom stereocenters. The topological polar surface area (TPSA) is 27.3 Å². The largest absolute Gasteiger partial charge is 0.380 e. The summed E-state index contributed by atoms with van der Waals surface area (Å²) in [7, 11) is 0. The average Bonchev–Trinajstić information content (AvgIpc) is 2.29. The predicted molar refractivity (Wildman–Crippen MR) is 74.9 cm³/mol. The van der Waals surface area contributed by atoms with Crippen LogP contribution in [0.5, 0.6) is 0 Å². The first-order chi connectivity index (χ1) is 8.04. The first kappa shape index (κ1) is 12.2. The van der Waals surface area contributed by atoms with Crippen molar-refractivity contribution < 1.29 is 0 Å². The SMILES string of the molecule is CC(C)(C)Nc1ccc(N2CCNCC2)cc1. The third-order valence-corrected chi connectivity index (χ3v) is 2.87. The summed E-state index contributed by atoms with van der Waals surface area (Å²) in [4.78, 5) is 2.43. The van der Waals surface area contributed by atoms with Crippen LogP contribution in [0.1, 0.15) is 20.8 Å². The van der Waals surface area contributed by atoms with Crippen LogP contribution < -0.4 is 15.5 Å². The molecule has 1 aliphatic heterocycles. The molecule has 3 heteroatoms. The summed E-state index contributed by atoms with van der Waals surface area (Å²) in [6.07, 6.45) is 0. The van der Waals surface area contributed by atoms with E-state index in [-0.39, 0.29) is 5.54 Å². The van der Waals surface area contributed by atoms with Crippen LogP contribution in [0.4, 0.5) is 11.4 Å². The van der Waals surface area contributed by atoms with E-state index in [1.165, 1.54) is 11.4 Å². The fraction of sp³-hybridized carbons (Fsp3) is 0.571. The first-order valence-corrected chi connectivity index (χ1v) is 6.38. The smallest absolute Gasteiger partial charge is 0.0368 e. The number of nitrogens with one attached hydrogen (secondary N) is 2. The molecule has 0 unspecified atom stereocenters. The Bertz CT molecular complexity index is 345. The molecule has 0 radical (unpaired) electrons. The summed E-state index contributed by atoms with van der Waals surface area (Å²) in [6, 6.07) is 8.75. The van der Waals surface area contributed by atoms with Crippen molar-refractivity contribution in [2.45, 2.75) is 26.3 Å². The third kappa shape index (κ3) is 3.63. The maximum Gasteiger partial charge on any atom is 0.0368 e. The summed E-state index contributed by atoms with van der Waals surface area (Å²) in [6.45, 7) is 10.9. The fourth-order valence-corrected chi connectivity index (χ4v) is 2.11.